The van der Waals surface area contributed by atoms with E-state index in [4.69, 9.17) is 4.74 Å². The summed E-state index contributed by atoms with van der Waals surface area (Å²) in [5, 5.41) is 7.48. The van der Waals surface area contributed by atoms with Gasteiger partial charge in [-0.25, -0.2) is 0 Å². The molecule has 0 atom stereocenters. The molecule has 244 valence electrons. The van der Waals surface area contributed by atoms with E-state index in [0.29, 0.717) is 0 Å². The van der Waals surface area contributed by atoms with Gasteiger partial charge in [0.25, 0.3) is 0 Å². The molecular weight excluding hydrogens is 629 g/mol. The zero-order valence-corrected chi connectivity index (χ0v) is 29.1. The van der Waals surface area contributed by atoms with Crippen LogP contribution >= 0.6 is 0 Å². The second-order valence-electron chi connectivity index (χ2n) is 14.9. The molecule has 11 rings (SSSR count). The molecule has 1 aliphatic carbocycles. The Labute approximate surface area is 303 Å². The summed E-state index contributed by atoms with van der Waals surface area (Å²) < 4.78 is 6.59. The first-order valence-corrected chi connectivity index (χ1v) is 18.2. The number of benzene rings is 9. The van der Waals surface area contributed by atoms with Crippen molar-refractivity contribution in [3.05, 3.63) is 181 Å². The van der Waals surface area contributed by atoms with Gasteiger partial charge in [0.2, 0.25) is 0 Å². The Morgan fingerprint density at radius 1 is 0.346 bits per heavy atom. The largest absolute Gasteiger partial charge is 0.456 e. The van der Waals surface area contributed by atoms with Gasteiger partial charge in [-0.15, -0.1) is 0 Å². The van der Waals surface area contributed by atoms with Crippen molar-refractivity contribution in [2.75, 3.05) is 0 Å². The lowest BCUT2D eigenvalue weighted by Gasteiger charge is -2.24. The van der Waals surface area contributed by atoms with Crippen molar-refractivity contribution >= 4 is 32.3 Å². The van der Waals surface area contributed by atoms with Crippen molar-refractivity contribution < 1.29 is 4.74 Å². The van der Waals surface area contributed by atoms with Crippen molar-refractivity contribution in [1.29, 1.82) is 0 Å². The lowest BCUT2D eigenvalue weighted by atomic mass is 9.80. The van der Waals surface area contributed by atoms with E-state index in [0.717, 1.165) is 17.1 Å². The Morgan fingerprint density at radius 2 is 0.923 bits per heavy atom. The van der Waals surface area contributed by atoms with E-state index in [1.165, 1.54) is 93.5 Å². The summed E-state index contributed by atoms with van der Waals surface area (Å²) in [6.07, 6.45) is 0. The van der Waals surface area contributed by atoms with Gasteiger partial charge >= 0.3 is 0 Å². The van der Waals surface area contributed by atoms with E-state index in [1.54, 1.807) is 0 Å². The van der Waals surface area contributed by atoms with E-state index in [1.807, 2.05) is 0 Å². The zero-order chi connectivity index (χ0) is 34.6. The van der Waals surface area contributed by atoms with E-state index in [9.17, 15) is 0 Å². The van der Waals surface area contributed by atoms with Gasteiger partial charge < -0.3 is 4.74 Å². The predicted molar refractivity (Wildman–Crippen MR) is 218 cm³/mol. The van der Waals surface area contributed by atoms with Gasteiger partial charge in [0.1, 0.15) is 11.5 Å². The molecule has 9 aromatic rings. The molecule has 0 fully saturated rings. The minimum atomic E-state index is -0.0883. The highest BCUT2D eigenvalue weighted by Crippen LogP contribution is 2.52. The van der Waals surface area contributed by atoms with E-state index >= 15 is 0 Å². The van der Waals surface area contributed by atoms with Gasteiger partial charge in [-0.05, 0) is 125 Å². The summed E-state index contributed by atoms with van der Waals surface area (Å²) in [4.78, 5) is 0. The Hall–Kier alpha value is -6.44. The van der Waals surface area contributed by atoms with Gasteiger partial charge in [0.05, 0.1) is 0 Å². The minimum absolute atomic E-state index is 0.0883. The lowest BCUT2D eigenvalue weighted by Crippen LogP contribution is -2.15. The van der Waals surface area contributed by atoms with Crippen LogP contribution in [0.3, 0.4) is 0 Å². The van der Waals surface area contributed by atoms with Crippen LogP contribution < -0.4 is 4.74 Å². The maximum atomic E-state index is 6.59. The smallest absolute Gasteiger partial charge is 0.135 e. The summed E-state index contributed by atoms with van der Waals surface area (Å²) >= 11 is 0. The molecule has 0 spiro atoms. The van der Waals surface area contributed by atoms with Gasteiger partial charge in [-0.2, -0.15) is 0 Å². The fourth-order valence-electron chi connectivity index (χ4n) is 9.06. The first-order valence-electron chi connectivity index (χ1n) is 18.2. The molecular formula is C51H34O. The SMILES string of the molecule is CC1(C)c2cc(-c3ccc(-c4ccc5c(c4)-c4cccc6c(-c7ccccc7)ccc(c46)O5)c4ccccc34)ccc2-c2cc3ccccc3cc21. The van der Waals surface area contributed by atoms with Crippen molar-refractivity contribution in [2.45, 2.75) is 19.3 Å². The van der Waals surface area contributed by atoms with Crippen LogP contribution in [0.15, 0.2) is 170 Å². The molecule has 52 heavy (non-hydrogen) atoms. The highest BCUT2D eigenvalue weighted by Gasteiger charge is 2.36. The Kier molecular flexibility index (Phi) is 6.08. The summed E-state index contributed by atoms with van der Waals surface area (Å²) in [6, 6.07) is 62.4. The molecule has 1 aliphatic heterocycles. The van der Waals surface area contributed by atoms with Crippen LogP contribution in [-0.4, -0.2) is 0 Å². The molecule has 0 unspecified atom stereocenters. The second-order valence-corrected chi connectivity index (χ2v) is 14.9. The topological polar surface area (TPSA) is 9.23 Å². The van der Waals surface area contributed by atoms with Crippen LogP contribution in [0.2, 0.25) is 0 Å². The number of hydrogen-bond donors (Lipinski definition) is 0. The molecule has 1 heteroatoms. The van der Waals surface area contributed by atoms with Crippen molar-refractivity contribution in [1.82, 2.24) is 0 Å². The fraction of sp³-hybridized carbons (Fsp3) is 0.0588. The fourth-order valence-corrected chi connectivity index (χ4v) is 9.06. The molecule has 0 saturated carbocycles. The third kappa shape index (κ3) is 4.17. The molecule has 0 N–H and O–H groups in total. The highest BCUT2D eigenvalue weighted by molar-refractivity contribution is 6.11. The van der Waals surface area contributed by atoms with Crippen LogP contribution in [0.4, 0.5) is 0 Å². The van der Waals surface area contributed by atoms with Gasteiger partial charge in [0, 0.05) is 16.4 Å². The minimum Gasteiger partial charge on any atom is -0.456 e. The number of ether oxygens (including phenoxy) is 1. The summed E-state index contributed by atoms with van der Waals surface area (Å²) in [7, 11) is 0. The molecule has 0 radical (unpaired) electrons. The molecule has 0 amide bonds. The Morgan fingerprint density at radius 3 is 1.71 bits per heavy atom. The molecule has 1 heterocycles. The Bertz CT molecular complexity index is 2950. The van der Waals surface area contributed by atoms with Crippen molar-refractivity contribution in [3.8, 4) is 67.1 Å². The lowest BCUT2D eigenvalue weighted by molar-refractivity contribution is 0.487. The maximum absolute atomic E-state index is 6.59. The molecule has 1 nitrogen and oxygen atoms in total. The van der Waals surface area contributed by atoms with Crippen LogP contribution in [0.25, 0.3) is 88.0 Å². The quantitative estimate of drug-likeness (QED) is 0.183. The molecule has 0 saturated heterocycles. The average Bonchev–Trinajstić information content (AvgIpc) is 3.41. The maximum Gasteiger partial charge on any atom is 0.135 e. The van der Waals surface area contributed by atoms with E-state index < -0.39 is 0 Å². The van der Waals surface area contributed by atoms with Crippen LogP contribution in [0.5, 0.6) is 11.5 Å². The molecule has 9 aromatic carbocycles. The van der Waals surface area contributed by atoms with E-state index in [2.05, 4.69) is 184 Å². The normalized spacial score (nSPS) is 13.5. The summed E-state index contributed by atoms with van der Waals surface area (Å²) in [6.45, 7) is 4.75. The van der Waals surface area contributed by atoms with Crippen molar-refractivity contribution in [2.24, 2.45) is 0 Å². The molecule has 0 aromatic heterocycles. The highest BCUT2D eigenvalue weighted by atomic mass is 16.5. The first kappa shape index (κ1) is 29.3. The summed E-state index contributed by atoms with van der Waals surface area (Å²) in [5.74, 6) is 1.81. The van der Waals surface area contributed by atoms with Crippen LogP contribution in [-0.2, 0) is 5.41 Å². The Balaban J connectivity index is 1.03. The van der Waals surface area contributed by atoms with Gasteiger partial charge in [-0.1, -0.05) is 147 Å². The third-order valence-corrected chi connectivity index (χ3v) is 11.7. The standard InChI is InChI=1S/C51H34O/c1-51(2)46-30-35(19-21-41(46)44-27-32-13-6-7-14-33(32)29-47(44)51)38-23-22-37(39-15-8-9-16-40(38)39)34-20-25-48-45(28-34)43-18-10-17-42-36(31-11-4-3-5-12-31)24-26-49(52-48)50(42)43/h3-30H,1-2H3. The molecule has 2 aliphatic rings. The summed E-state index contributed by atoms with van der Waals surface area (Å²) in [5.41, 5.74) is 15.1. The van der Waals surface area contributed by atoms with Gasteiger partial charge in [0.15, 0.2) is 0 Å². The van der Waals surface area contributed by atoms with E-state index in [-0.39, 0.29) is 5.41 Å². The van der Waals surface area contributed by atoms with Crippen LogP contribution in [0, 0.1) is 0 Å². The predicted octanol–water partition coefficient (Wildman–Crippen LogP) is 14.2. The van der Waals surface area contributed by atoms with Crippen LogP contribution in [0.1, 0.15) is 25.0 Å². The number of fused-ring (bicyclic) bond motifs is 7. The zero-order valence-electron chi connectivity index (χ0n) is 29.1. The molecule has 0 bridgehead atoms. The van der Waals surface area contributed by atoms with Gasteiger partial charge in [-0.3, -0.25) is 0 Å². The number of hydrogen-bond acceptors (Lipinski definition) is 1. The van der Waals surface area contributed by atoms with Crippen molar-refractivity contribution in [3.63, 3.8) is 0 Å². The second kappa shape index (κ2) is 10.8. The first-order chi connectivity index (χ1) is 25.5. The third-order valence-electron chi connectivity index (χ3n) is 11.7. The number of rotatable bonds is 3. The average molecular weight is 663 g/mol. The monoisotopic (exact) mass is 662 g/mol.